The van der Waals surface area contributed by atoms with Crippen LogP contribution in [0, 0.1) is 5.92 Å². The molecule has 0 aromatic carbocycles. The first-order valence-corrected chi connectivity index (χ1v) is 5.40. The van der Waals surface area contributed by atoms with Gasteiger partial charge in [0.05, 0.1) is 6.61 Å². The van der Waals surface area contributed by atoms with Crippen molar-refractivity contribution in [1.82, 2.24) is 0 Å². The highest BCUT2D eigenvalue weighted by Gasteiger charge is 1.97. The van der Waals surface area contributed by atoms with Crippen LogP contribution in [-0.2, 0) is 4.74 Å². The van der Waals surface area contributed by atoms with Gasteiger partial charge >= 0.3 is 0 Å². The van der Waals surface area contributed by atoms with E-state index < -0.39 is 0 Å². The van der Waals surface area contributed by atoms with Crippen LogP contribution in [-0.4, -0.2) is 11.0 Å². The van der Waals surface area contributed by atoms with Gasteiger partial charge in [0.25, 0.3) is 0 Å². The fourth-order valence-electron chi connectivity index (χ4n) is 0.536. The van der Waals surface area contributed by atoms with E-state index in [4.69, 9.17) is 17.0 Å². The molecule has 1 nitrogen and oxygen atoms in total. The van der Waals surface area contributed by atoms with Crippen molar-refractivity contribution < 1.29 is 4.74 Å². The predicted octanol–water partition coefficient (Wildman–Crippen LogP) is 3.60. The Morgan fingerprint density at radius 2 is 2.25 bits per heavy atom. The lowest BCUT2D eigenvalue weighted by atomic mass is 10.1. The van der Waals surface area contributed by atoms with Gasteiger partial charge in [-0.3, -0.25) is 0 Å². The minimum absolute atomic E-state index is 0.619. The molecule has 0 atom stereocenters. The molecule has 0 fully saturated rings. The molecule has 0 aromatic heterocycles. The van der Waals surface area contributed by atoms with Crippen molar-refractivity contribution in [3.05, 3.63) is 11.5 Å². The van der Waals surface area contributed by atoms with E-state index in [0.29, 0.717) is 10.3 Å². The van der Waals surface area contributed by atoms with Gasteiger partial charge in [-0.25, -0.2) is 0 Å². The van der Waals surface area contributed by atoms with E-state index in [-0.39, 0.29) is 0 Å². The van der Waals surface area contributed by atoms with Gasteiger partial charge in [0.2, 0.25) is 4.38 Å². The van der Waals surface area contributed by atoms with Gasteiger partial charge in [-0.15, -0.1) is 0 Å². The predicted molar refractivity (Wildman–Crippen MR) is 60.4 cm³/mol. The summed E-state index contributed by atoms with van der Waals surface area (Å²) in [5.74, 6) is 0.680. The number of thiocarbonyl (C=S) groups is 1. The minimum Gasteiger partial charge on any atom is -0.478 e. The number of hydrogen-bond acceptors (Lipinski definition) is 3. The second-order valence-electron chi connectivity index (χ2n) is 2.87. The molecule has 0 heterocycles. The fourth-order valence-corrected chi connectivity index (χ4v) is 1.18. The molecule has 0 spiro atoms. The summed E-state index contributed by atoms with van der Waals surface area (Å²) in [4.78, 5) is 0. The highest BCUT2D eigenvalue weighted by atomic mass is 32.2. The van der Waals surface area contributed by atoms with E-state index >= 15 is 0 Å². The summed E-state index contributed by atoms with van der Waals surface area (Å²) >= 11 is 6.42. The van der Waals surface area contributed by atoms with E-state index in [2.05, 4.69) is 13.8 Å². The van der Waals surface area contributed by atoms with Gasteiger partial charge in [-0.05, 0) is 48.7 Å². The third-order valence-electron chi connectivity index (χ3n) is 1.22. The Labute approximate surface area is 84.6 Å². The highest BCUT2D eigenvalue weighted by Crippen LogP contribution is 2.08. The maximum atomic E-state index is 5.30. The largest absolute Gasteiger partial charge is 0.478 e. The molecular weight excluding hydrogens is 188 g/mol. The lowest BCUT2D eigenvalue weighted by Crippen LogP contribution is -2.01. The standard InChI is InChI=1S/C9H16OS2/c1-4-7-12-9(11)10-6-5-8(2)3/h4,7-8H,5-6H2,1-3H3. The van der Waals surface area contributed by atoms with Crippen LogP contribution in [0.1, 0.15) is 27.2 Å². The summed E-state index contributed by atoms with van der Waals surface area (Å²) < 4.78 is 5.92. The van der Waals surface area contributed by atoms with Crippen LogP contribution >= 0.6 is 24.0 Å². The molecular formula is C9H16OS2. The van der Waals surface area contributed by atoms with Crippen molar-refractivity contribution in [1.29, 1.82) is 0 Å². The third kappa shape index (κ3) is 8.08. The highest BCUT2D eigenvalue weighted by molar-refractivity contribution is 8.24. The normalized spacial score (nSPS) is 11.0. The lowest BCUT2D eigenvalue weighted by Gasteiger charge is -2.06. The van der Waals surface area contributed by atoms with Crippen LogP contribution in [0.4, 0.5) is 0 Å². The Morgan fingerprint density at radius 1 is 1.58 bits per heavy atom. The first kappa shape index (κ1) is 12.0. The van der Waals surface area contributed by atoms with Gasteiger partial charge in [0.15, 0.2) is 0 Å². The summed E-state index contributed by atoms with van der Waals surface area (Å²) in [5, 5.41) is 1.93. The van der Waals surface area contributed by atoms with Crippen LogP contribution in [0.2, 0.25) is 0 Å². The maximum Gasteiger partial charge on any atom is 0.224 e. The van der Waals surface area contributed by atoms with Gasteiger partial charge in [0, 0.05) is 0 Å². The quantitative estimate of drug-likeness (QED) is 0.648. The molecule has 0 saturated carbocycles. The summed E-state index contributed by atoms with van der Waals surface area (Å²) in [6.07, 6.45) is 3.01. The Morgan fingerprint density at radius 3 is 2.75 bits per heavy atom. The van der Waals surface area contributed by atoms with Gasteiger partial charge < -0.3 is 4.74 Å². The van der Waals surface area contributed by atoms with Crippen molar-refractivity contribution >= 4 is 28.4 Å². The molecule has 0 radical (unpaired) electrons. The van der Waals surface area contributed by atoms with E-state index in [1.165, 1.54) is 11.8 Å². The second-order valence-corrected chi connectivity index (χ2v) is 4.38. The number of rotatable bonds is 4. The van der Waals surface area contributed by atoms with E-state index in [1.54, 1.807) is 0 Å². The molecule has 0 unspecified atom stereocenters. The summed E-state index contributed by atoms with van der Waals surface area (Å²) in [7, 11) is 0. The number of allylic oxidation sites excluding steroid dienone is 1. The molecule has 12 heavy (non-hydrogen) atoms. The fraction of sp³-hybridized carbons (Fsp3) is 0.667. The molecule has 0 aliphatic rings. The van der Waals surface area contributed by atoms with Crippen molar-refractivity contribution in [2.75, 3.05) is 6.61 Å². The maximum absolute atomic E-state index is 5.30. The number of hydrogen-bond donors (Lipinski definition) is 0. The van der Waals surface area contributed by atoms with Crippen LogP contribution < -0.4 is 0 Å². The molecule has 0 aliphatic carbocycles. The molecule has 0 aliphatic heterocycles. The lowest BCUT2D eigenvalue weighted by molar-refractivity contribution is 0.292. The minimum atomic E-state index is 0.619. The molecule has 0 saturated heterocycles. The van der Waals surface area contributed by atoms with Crippen LogP contribution in [0.15, 0.2) is 11.5 Å². The van der Waals surface area contributed by atoms with E-state index in [9.17, 15) is 0 Å². The molecule has 70 valence electrons. The first-order valence-electron chi connectivity index (χ1n) is 4.11. The number of thioether (sulfide) groups is 1. The third-order valence-corrected chi connectivity index (χ3v) is 2.34. The zero-order chi connectivity index (χ0) is 9.40. The average Bonchev–Trinajstić information content (AvgIpc) is 2.00. The van der Waals surface area contributed by atoms with Crippen molar-refractivity contribution in [3.8, 4) is 0 Å². The van der Waals surface area contributed by atoms with Gasteiger partial charge in [0.1, 0.15) is 0 Å². The van der Waals surface area contributed by atoms with E-state index in [1.807, 2.05) is 18.4 Å². The molecule has 0 aromatic rings. The summed E-state index contributed by atoms with van der Waals surface area (Å²) in [6, 6.07) is 0. The zero-order valence-corrected chi connectivity index (χ0v) is 9.50. The average molecular weight is 204 g/mol. The van der Waals surface area contributed by atoms with Crippen molar-refractivity contribution in [3.63, 3.8) is 0 Å². The van der Waals surface area contributed by atoms with Crippen molar-refractivity contribution in [2.24, 2.45) is 5.92 Å². The summed E-state index contributed by atoms with van der Waals surface area (Å²) in [6.45, 7) is 7.04. The molecule has 0 N–H and O–H groups in total. The van der Waals surface area contributed by atoms with Crippen molar-refractivity contribution in [2.45, 2.75) is 27.2 Å². The van der Waals surface area contributed by atoms with E-state index in [0.717, 1.165) is 13.0 Å². The SMILES string of the molecule is CC=CSC(=S)OCCC(C)C. The van der Waals surface area contributed by atoms with Crippen LogP contribution in [0.25, 0.3) is 0 Å². The first-order chi connectivity index (χ1) is 5.66. The summed E-state index contributed by atoms with van der Waals surface area (Å²) in [5.41, 5.74) is 0. The Balaban J connectivity index is 3.32. The Hall–Kier alpha value is -0.0200. The number of ether oxygens (including phenoxy) is 1. The molecule has 0 amide bonds. The second kappa shape index (κ2) is 7.62. The van der Waals surface area contributed by atoms with Crippen LogP contribution in [0.5, 0.6) is 0 Å². The van der Waals surface area contributed by atoms with Crippen LogP contribution in [0.3, 0.4) is 0 Å². The smallest absolute Gasteiger partial charge is 0.224 e. The Bertz CT molecular complexity index is 153. The molecule has 0 rings (SSSR count). The molecule has 0 bridgehead atoms. The monoisotopic (exact) mass is 204 g/mol. The Kier molecular flexibility index (Phi) is 7.61. The topological polar surface area (TPSA) is 9.23 Å². The zero-order valence-electron chi connectivity index (χ0n) is 7.87. The van der Waals surface area contributed by atoms with Gasteiger partial charge in [-0.2, -0.15) is 0 Å². The van der Waals surface area contributed by atoms with Gasteiger partial charge in [-0.1, -0.05) is 19.9 Å². The molecule has 3 heteroatoms.